The summed E-state index contributed by atoms with van der Waals surface area (Å²) in [6.07, 6.45) is 0. The van der Waals surface area contributed by atoms with Crippen molar-refractivity contribution in [1.29, 1.82) is 0 Å². The molecule has 142 valence electrons. The number of nitrogens with zero attached hydrogens (tertiary/aromatic N) is 3. The van der Waals surface area contributed by atoms with E-state index < -0.39 is 0 Å². The lowest BCUT2D eigenvalue weighted by Crippen LogP contribution is -2.07. The van der Waals surface area contributed by atoms with Crippen LogP contribution in [0.5, 0.6) is 11.5 Å². The Bertz CT molecular complexity index is 1140. The number of fused-ring (bicyclic) bond motifs is 1. The minimum absolute atomic E-state index is 0.216. The topological polar surface area (TPSA) is 81.5 Å². The van der Waals surface area contributed by atoms with Crippen LogP contribution in [0.1, 0.15) is 0 Å². The monoisotopic (exact) mass is 394 g/mol. The number of rotatable bonds is 7. The zero-order valence-corrected chi connectivity index (χ0v) is 16.0. The average molecular weight is 394 g/mol. The number of hydrogen-bond acceptors (Lipinski definition) is 6. The zero-order chi connectivity index (χ0) is 19.3. The quantitative estimate of drug-likeness (QED) is 0.383. The van der Waals surface area contributed by atoms with E-state index in [0.29, 0.717) is 40.5 Å². The van der Waals surface area contributed by atoms with Crippen molar-refractivity contribution >= 4 is 17.4 Å². The SMILES string of the molecule is COc1ccccc1OCCSc1nc(-c2ccccc2)nc2cc(=O)[nH]n12. The molecule has 7 nitrogen and oxygen atoms in total. The lowest BCUT2D eigenvalue weighted by Gasteiger charge is -2.10. The summed E-state index contributed by atoms with van der Waals surface area (Å²) in [6.45, 7) is 0.461. The van der Waals surface area contributed by atoms with Gasteiger partial charge in [-0.2, -0.15) is 0 Å². The van der Waals surface area contributed by atoms with E-state index >= 15 is 0 Å². The van der Waals surface area contributed by atoms with Crippen LogP contribution in [0.4, 0.5) is 0 Å². The highest BCUT2D eigenvalue weighted by molar-refractivity contribution is 7.99. The van der Waals surface area contributed by atoms with E-state index in [-0.39, 0.29) is 5.56 Å². The van der Waals surface area contributed by atoms with E-state index in [1.54, 1.807) is 11.6 Å². The Hall–Kier alpha value is -3.26. The maximum absolute atomic E-state index is 11.8. The van der Waals surface area contributed by atoms with Crippen LogP contribution >= 0.6 is 11.8 Å². The van der Waals surface area contributed by atoms with Gasteiger partial charge >= 0.3 is 0 Å². The number of nitrogens with one attached hydrogen (secondary N) is 1. The molecule has 0 aliphatic carbocycles. The van der Waals surface area contributed by atoms with Gasteiger partial charge < -0.3 is 9.47 Å². The van der Waals surface area contributed by atoms with Gasteiger partial charge in [-0.15, -0.1) is 0 Å². The minimum Gasteiger partial charge on any atom is -0.493 e. The van der Waals surface area contributed by atoms with Crippen molar-refractivity contribution in [2.24, 2.45) is 0 Å². The largest absolute Gasteiger partial charge is 0.493 e. The first kappa shape index (κ1) is 18.1. The molecule has 2 aromatic carbocycles. The summed E-state index contributed by atoms with van der Waals surface area (Å²) in [5.41, 5.74) is 1.21. The predicted molar refractivity (Wildman–Crippen MR) is 108 cm³/mol. The van der Waals surface area contributed by atoms with Crippen molar-refractivity contribution in [3.05, 3.63) is 71.0 Å². The van der Waals surface area contributed by atoms with Crippen molar-refractivity contribution < 1.29 is 9.47 Å². The molecule has 0 amide bonds. The maximum Gasteiger partial charge on any atom is 0.266 e. The molecule has 0 spiro atoms. The number of hydrogen-bond donors (Lipinski definition) is 1. The number of thioether (sulfide) groups is 1. The van der Waals surface area contributed by atoms with Crippen LogP contribution in [0, 0.1) is 0 Å². The Kier molecular flexibility index (Phi) is 5.29. The van der Waals surface area contributed by atoms with Crippen LogP contribution in [-0.4, -0.2) is 39.1 Å². The van der Waals surface area contributed by atoms with E-state index in [1.807, 2.05) is 54.6 Å². The van der Waals surface area contributed by atoms with Gasteiger partial charge in [0.15, 0.2) is 28.1 Å². The van der Waals surface area contributed by atoms with Crippen molar-refractivity contribution in [3.63, 3.8) is 0 Å². The van der Waals surface area contributed by atoms with Gasteiger partial charge in [-0.3, -0.25) is 9.89 Å². The molecule has 0 fully saturated rings. The molecule has 0 aliphatic rings. The molecular weight excluding hydrogens is 376 g/mol. The second-order valence-electron chi connectivity index (χ2n) is 5.86. The third-order valence-electron chi connectivity index (χ3n) is 4.00. The molecule has 2 heterocycles. The number of H-pyrrole nitrogens is 1. The number of methoxy groups -OCH3 is 1. The fraction of sp³-hybridized carbons (Fsp3) is 0.150. The number of para-hydroxylation sites is 2. The standard InChI is InChI=1S/C20H18N4O3S/c1-26-15-9-5-6-10-16(15)27-11-12-28-20-22-19(14-7-3-2-4-8-14)21-17-13-18(25)23-24(17)20/h2-10,13H,11-12H2,1H3,(H,23,25). The molecule has 0 atom stereocenters. The van der Waals surface area contributed by atoms with Crippen LogP contribution in [0.25, 0.3) is 17.0 Å². The summed E-state index contributed by atoms with van der Waals surface area (Å²) in [4.78, 5) is 20.9. The van der Waals surface area contributed by atoms with E-state index in [4.69, 9.17) is 9.47 Å². The molecule has 2 aromatic heterocycles. The van der Waals surface area contributed by atoms with Crippen molar-refractivity contribution in [3.8, 4) is 22.9 Å². The first-order chi connectivity index (χ1) is 13.7. The number of aromatic nitrogens is 4. The van der Waals surface area contributed by atoms with Gasteiger partial charge in [-0.05, 0) is 12.1 Å². The normalized spacial score (nSPS) is 10.9. The molecule has 0 radical (unpaired) electrons. The summed E-state index contributed by atoms with van der Waals surface area (Å²) < 4.78 is 12.7. The molecule has 0 aliphatic heterocycles. The zero-order valence-electron chi connectivity index (χ0n) is 15.2. The Morgan fingerprint density at radius 2 is 1.79 bits per heavy atom. The van der Waals surface area contributed by atoms with E-state index in [0.717, 1.165) is 5.56 Å². The van der Waals surface area contributed by atoms with E-state index in [2.05, 4.69) is 15.1 Å². The molecule has 0 unspecified atom stereocenters. The molecule has 28 heavy (non-hydrogen) atoms. The Labute approximate surface area is 165 Å². The molecule has 0 saturated carbocycles. The molecule has 1 N–H and O–H groups in total. The number of ether oxygens (including phenoxy) is 2. The lowest BCUT2D eigenvalue weighted by atomic mass is 10.2. The van der Waals surface area contributed by atoms with Crippen LogP contribution in [-0.2, 0) is 0 Å². The van der Waals surface area contributed by atoms with Gasteiger partial charge in [0, 0.05) is 17.4 Å². The third kappa shape index (κ3) is 3.86. The number of aromatic amines is 1. The molecular formula is C20H18N4O3S. The summed E-state index contributed by atoms with van der Waals surface area (Å²) in [7, 11) is 1.61. The van der Waals surface area contributed by atoms with Crippen LogP contribution in [0.2, 0.25) is 0 Å². The summed E-state index contributed by atoms with van der Waals surface area (Å²) in [5, 5.41) is 3.38. The van der Waals surface area contributed by atoms with Gasteiger partial charge in [-0.25, -0.2) is 14.5 Å². The van der Waals surface area contributed by atoms with Crippen LogP contribution in [0.15, 0.2) is 70.6 Å². The first-order valence-electron chi connectivity index (χ1n) is 8.68. The molecule has 0 saturated heterocycles. The predicted octanol–water partition coefficient (Wildman–Crippen LogP) is 3.26. The highest BCUT2D eigenvalue weighted by atomic mass is 32.2. The van der Waals surface area contributed by atoms with Crippen LogP contribution < -0.4 is 15.0 Å². The number of benzene rings is 2. The second kappa shape index (κ2) is 8.18. The van der Waals surface area contributed by atoms with E-state index in [1.165, 1.54) is 17.8 Å². The molecule has 8 heteroatoms. The van der Waals surface area contributed by atoms with Crippen LogP contribution in [0.3, 0.4) is 0 Å². The average Bonchev–Trinajstić information content (AvgIpc) is 3.12. The van der Waals surface area contributed by atoms with Gasteiger partial charge in [0.1, 0.15) is 0 Å². The minimum atomic E-state index is -0.216. The summed E-state index contributed by atoms with van der Waals surface area (Å²) >= 11 is 1.48. The van der Waals surface area contributed by atoms with Crippen molar-refractivity contribution in [2.45, 2.75) is 5.16 Å². The lowest BCUT2D eigenvalue weighted by molar-refractivity contribution is 0.313. The molecule has 4 rings (SSSR count). The highest BCUT2D eigenvalue weighted by Crippen LogP contribution is 2.26. The molecule has 0 bridgehead atoms. The first-order valence-corrected chi connectivity index (χ1v) is 9.67. The van der Waals surface area contributed by atoms with Gasteiger partial charge in [0.05, 0.1) is 13.7 Å². The fourth-order valence-corrected chi connectivity index (χ4v) is 3.49. The third-order valence-corrected chi connectivity index (χ3v) is 4.90. The Balaban J connectivity index is 1.53. The molecule has 4 aromatic rings. The van der Waals surface area contributed by atoms with Gasteiger partial charge in [-0.1, -0.05) is 54.2 Å². The summed E-state index contributed by atoms with van der Waals surface area (Å²) in [5.74, 6) is 2.60. The fourth-order valence-electron chi connectivity index (χ4n) is 2.72. The van der Waals surface area contributed by atoms with E-state index in [9.17, 15) is 4.79 Å². The second-order valence-corrected chi connectivity index (χ2v) is 6.92. The summed E-state index contributed by atoms with van der Waals surface area (Å²) in [6, 6.07) is 18.7. The van der Waals surface area contributed by atoms with Gasteiger partial charge in [0.2, 0.25) is 0 Å². The van der Waals surface area contributed by atoms with Crippen molar-refractivity contribution in [1.82, 2.24) is 19.6 Å². The van der Waals surface area contributed by atoms with Crippen molar-refractivity contribution in [2.75, 3.05) is 19.5 Å². The highest BCUT2D eigenvalue weighted by Gasteiger charge is 2.11. The smallest absolute Gasteiger partial charge is 0.266 e. The van der Waals surface area contributed by atoms with Gasteiger partial charge in [0.25, 0.3) is 5.56 Å². The maximum atomic E-state index is 11.8. The Morgan fingerprint density at radius 3 is 2.57 bits per heavy atom. The Morgan fingerprint density at radius 1 is 1.04 bits per heavy atom.